The smallest absolute Gasteiger partial charge is 0.264 e. The van der Waals surface area contributed by atoms with Crippen LogP contribution in [0.4, 0.5) is 5.82 Å². The van der Waals surface area contributed by atoms with Gasteiger partial charge in [0.2, 0.25) is 0 Å². The molecule has 3 heterocycles. The number of para-hydroxylation sites is 1. The molecule has 2 aromatic heterocycles. The Morgan fingerprint density at radius 3 is 2.61 bits per heavy atom. The van der Waals surface area contributed by atoms with Gasteiger partial charge in [-0.2, -0.15) is 10.4 Å². The second-order valence-corrected chi connectivity index (χ2v) is 9.66. The Morgan fingerprint density at radius 2 is 1.89 bits per heavy atom. The van der Waals surface area contributed by atoms with Gasteiger partial charge in [-0.25, -0.2) is 14.6 Å². The van der Waals surface area contributed by atoms with Crippen molar-refractivity contribution in [1.82, 2.24) is 24.6 Å². The van der Waals surface area contributed by atoms with Gasteiger partial charge >= 0.3 is 0 Å². The number of fused-ring (bicyclic) bond motifs is 1. The predicted molar refractivity (Wildman–Crippen MR) is 145 cm³/mol. The van der Waals surface area contributed by atoms with Crippen molar-refractivity contribution in [3.05, 3.63) is 72.6 Å². The SMILES string of the molecule is CC(C)C=C(C#N)C(=O)N1CCCC1Cn1nc(-c2ccc(Oc3ccccc3)cc2)c2c(N)ncnc21. The van der Waals surface area contributed by atoms with Crippen LogP contribution in [0.5, 0.6) is 11.5 Å². The maximum absolute atomic E-state index is 13.2. The van der Waals surface area contributed by atoms with Crippen LogP contribution in [0, 0.1) is 17.2 Å². The van der Waals surface area contributed by atoms with Gasteiger partial charge in [0.15, 0.2) is 5.65 Å². The molecule has 9 nitrogen and oxygen atoms in total. The van der Waals surface area contributed by atoms with Crippen molar-refractivity contribution in [2.45, 2.75) is 39.3 Å². The number of amides is 1. The number of nitrogen functional groups attached to an aromatic ring is 1. The number of nitrogens with zero attached hydrogens (tertiary/aromatic N) is 6. The molecule has 9 heteroatoms. The summed E-state index contributed by atoms with van der Waals surface area (Å²) < 4.78 is 7.72. The quantitative estimate of drug-likeness (QED) is 0.277. The highest BCUT2D eigenvalue weighted by Gasteiger charge is 2.32. The van der Waals surface area contributed by atoms with Crippen LogP contribution >= 0.6 is 0 Å². The highest BCUT2D eigenvalue weighted by atomic mass is 16.5. The monoisotopic (exact) mass is 507 g/mol. The summed E-state index contributed by atoms with van der Waals surface area (Å²) >= 11 is 0. The molecule has 0 saturated carbocycles. The lowest BCUT2D eigenvalue weighted by atomic mass is 10.1. The summed E-state index contributed by atoms with van der Waals surface area (Å²) in [6.45, 7) is 4.95. The van der Waals surface area contributed by atoms with E-state index in [1.807, 2.05) is 68.4 Å². The van der Waals surface area contributed by atoms with Crippen LogP contribution in [0.15, 0.2) is 72.6 Å². The molecular formula is C29H29N7O2. The van der Waals surface area contributed by atoms with Crippen LogP contribution in [-0.4, -0.2) is 43.1 Å². The molecule has 1 saturated heterocycles. The molecule has 38 heavy (non-hydrogen) atoms. The van der Waals surface area contributed by atoms with E-state index in [2.05, 4.69) is 16.0 Å². The van der Waals surface area contributed by atoms with Crippen molar-refractivity contribution in [3.8, 4) is 28.8 Å². The first-order valence-corrected chi connectivity index (χ1v) is 12.7. The van der Waals surface area contributed by atoms with E-state index in [4.69, 9.17) is 15.6 Å². The molecule has 1 aliphatic heterocycles. The zero-order valence-corrected chi connectivity index (χ0v) is 21.4. The topological polar surface area (TPSA) is 123 Å². The summed E-state index contributed by atoms with van der Waals surface area (Å²) in [5.41, 5.74) is 8.59. The predicted octanol–water partition coefficient (Wildman–Crippen LogP) is 4.96. The number of hydrogen-bond acceptors (Lipinski definition) is 7. The second-order valence-electron chi connectivity index (χ2n) is 9.66. The fourth-order valence-electron chi connectivity index (χ4n) is 4.80. The van der Waals surface area contributed by atoms with E-state index in [1.54, 1.807) is 15.7 Å². The third-order valence-corrected chi connectivity index (χ3v) is 6.54. The number of carbonyl (C=O) groups excluding carboxylic acids is 1. The normalized spacial score (nSPS) is 15.7. The molecule has 0 radical (unpaired) electrons. The zero-order valence-electron chi connectivity index (χ0n) is 21.4. The molecule has 0 spiro atoms. The number of carbonyl (C=O) groups is 1. The Labute approximate surface area is 221 Å². The molecule has 1 aliphatic rings. The molecule has 0 aliphatic carbocycles. The molecule has 0 bridgehead atoms. The van der Waals surface area contributed by atoms with E-state index < -0.39 is 0 Å². The van der Waals surface area contributed by atoms with Gasteiger partial charge in [0.25, 0.3) is 5.91 Å². The molecule has 2 N–H and O–H groups in total. The first-order valence-electron chi connectivity index (χ1n) is 12.7. The lowest BCUT2D eigenvalue weighted by molar-refractivity contribution is -0.127. The van der Waals surface area contributed by atoms with Crippen LogP contribution in [0.1, 0.15) is 26.7 Å². The van der Waals surface area contributed by atoms with Gasteiger partial charge in [-0.05, 0) is 55.2 Å². The van der Waals surface area contributed by atoms with Crippen molar-refractivity contribution in [1.29, 1.82) is 5.26 Å². The molecule has 4 aromatic rings. The van der Waals surface area contributed by atoms with Crippen molar-refractivity contribution in [2.24, 2.45) is 5.92 Å². The largest absolute Gasteiger partial charge is 0.457 e. The molecular weight excluding hydrogens is 478 g/mol. The van der Waals surface area contributed by atoms with E-state index in [1.165, 1.54) is 6.33 Å². The van der Waals surface area contributed by atoms with Gasteiger partial charge in [0.05, 0.1) is 18.0 Å². The maximum Gasteiger partial charge on any atom is 0.264 e. The Hall–Kier alpha value is -4.71. The van der Waals surface area contributed by atoms with Crippen LogP contribution in [0.25, 0.3) is 22.3 Å². The highest BCUT2D eigenvalue weighted by molar-refractivity contribution is 5.99. The molecule has 1 unspecified atom stereocenters. The summed E-state index contributed by atoms with van der Waals surface area (Å²) in [6.07, 6.45) is 4.82. The fraction of sp³-hybridized carbons (Fsp3) is 0.276. The van der Waals surface area contributed by atoms with Gasteiger partial charge in [-0.15, -0.1) is 0 Å². The van der Waals surface area contributed by atoms with Crippen LogP contribution in [0.2, 0.25) is 0 Å². The standard InChI is InChI=1S/C29H29N7O2/c1-19(2)15-21(16-30)29(37)35-14-6-7-22(35)17-36-28-25(27(31)32-18-33-28)26(34-36)20-10-12-24(13-11-20)38-23-8-4-3-5-9-23/h3-5,8-13,15,18-19,22H,6-7,14,17H2,1-2H3,(H2,31,32,33). The maximum atomic E-state index is 13.2. The minimum absolute atomic E-state index is 0.108. The van der Waals surface area contributed by atoms with E-state index in [-0.39, 0.29) is 23.4 Å². The first-order chi connectivity index (χ1) is 18.4. The number of rotatable bonds is 7. The minimum Gasteiger partial charge on any atom is -0.457 e. The number of benzene rings is 2. The van der Waals surface area contributed by atoms with Gasteiger partial charge in [0.1, 0.15) is 41.0 Å². The molecule has 1 fully saturated rings. The third-order valence-electron chi connectivity index (χ3n) is 6.54. The van der Waals surface area contributed by atoms with Gasteiger partial charge in [-0.1, -0.05) is 38.1 Å². The number of likely N-dealkylation sites (tertiary alicyclic amines) is 1. The average Bonchev–Trinajstić information content (AvgIpc) is 3.54. The average molecular weight is 508 g/mol. The molecule has 1 atom stereocenters. The zero-order chi connectivity index (χ0) is 26.6. The van der Waals surface area contributed by atoms with Gasteiger partial charge < -0.3 is 15.4 Å². The van der Waals surface area contributed by atoms with Crippen LogP contribution in [0.3, 0.4) is 0 Å². The van der Waals surface area contributed by atoms with Crippen LogP contribution < -0.4 is 10.5 Å². The Balaban J connectivity index is 1.44. The second kappa shape index (κ2) is 10.7. The Morgan fingerprint density at radius 1 is 1.16 bits per heavy atom. The lowest BCUT2D eigenvalue weighted by Crippen LogP contribution is -2.39. The van der Waals surface area contributed by atoms with E-state index in [0.29, 0.717) is 41.4 Å². The van der Waals surface area contributed by atoms with E-state index in [9.17, 15) is 10.1 Å². The summed E-state index contributed by atoms with van der Waals surface area (Å²) in [6, 6.07) is 19.2. The van der Waals surface area contributed by atoms with Gasteiger partial charge in [-0.3, -0.25) is 4.79 Å². The number of aromatic nitrogens is 4. The van der Waals surface area contributed by atoms with Crippen molar-refractivity contribution < 1.29 is 9.53 Å². The van der Waals surface area contributed by atoms with E-state index >= 15 is 0 Å². The fourth-order valence-corrected chi connectivity index (χ4v) is 4.80. The Kier molecular flexibility index (Phi) is 7.05. The van der Waals surface area contributed by atoms with Crippen molar-refractivity contribution in [3.63, 3.8) is 0 Å². The number of hydrogen-bond donors (Lipinski definition) is 1. The molecule has 1 amide bonds. The number of ether oxygens (including phenoxy) is 1. The minimum atomic E-state index is -0.233. The third kappa shape index (κ3) is 5.06. The summed E-state index contributed by atoms with van der Waals surface area (Å²) in [4.78, 5) is 23.6. The molecule has 5 rings (SSSR count). The Bertz CT molecular complexity index is 1520. The summed E-state index contributed by atoms with van der Waals surface area (Å²) in [5, 5.41) is 15.1. The highest BCUT2D eigenvalue weighted by Crippen LogP contribution is 2.33. The molecule has 192 valence electrons. The summed E-state index contributed by atoms with van der Waals surface area (Å²) in [5.74, 6) is 1.67. The number of nitriles is 1. The lowest BCUT2D eigenvalue weighted by Gasteiger charge is -2.24. The molecule has 2 aromatic carbocycles. The van der Waals surface area contributed by atoms with E-state index in [0.717, 1.165) is 24.2 Å². The number of nitrogens with two attached hydrogens (primary N) is 1. The number of anilines is 1. The van der Waals surface area contributed by atoms with Gasteiger partial charge in [0, 0.05) is 12.1 Å². The number of allylic oxidation sites excluding steroid dienone is 1. The first kappa shape index (κ1) is 25.0. The van der Waals surface area contributed by atoms with Crippen LogP contribution in [-0.2, 0) is 11.3 Å². The van der Waals surface area contributed by atoms with Crippen molar-refractivity contribution in [2.75, 3.05) is 12.3 Å². The van der Waals surface area contributed by atoms with Crippen molar-refractivity contribution >= 4 is 22.8 Å². The summed E-state index contributed by atoms with van der Waals surface area (Å²) in [7, 11) is 0.